The monoisotopic (exact) mass is 624 g/mol. The normalized spacial score (nSPS) is 11.6. The lowest BCUT2D eigenvalue weighted by Gasteiger charge is -2.13. The van der Waals surface area contributed by atoms with E-state index in [0.717, 1.165) is 55.1 Å². The molecule has 0 aliphatic carbocycles. The SMILES string of the molecule is [C-]#[N+]c1cccc2c1oc1c([N+]#[C-])cc3c4ccccc4n(-c4cccc(-c5cccc(-n6c7ccccc7c7ccccc76)c5)c4)c3c12. The molecule has 0 aliphatic heterocycles. The molecule has 0 fully saturated rings. The van der Waals surface area contributed by atoms with Crippen molar-refractivity contribution in [1.29, 1.82) is 0 Å². The fraction of sp³-hybridized carbons (Fsp3) is 0. The van der Waals surface area contributed by atoms with Gasteiger partial charge in [-0.3, -0.25) is 0 Å². The Balaban J connectivity index is 1.23. The zero-order valence-electron chi connectivity index (χ0n) is 26.1. The van der Waals surface area contributed by atoms with Crippen LogP contribution in [0.4, 0.5) is 11.4 Å². The number of furan rings is 1. The van der Waals surface area contributed by atoms with Crippen LogP contribution in [0.3, 0.4) is 0 Å². The van der Waals surface area contributed by atoms with Crippen molar-refractivity contribution in [3.05, 3.63) is 168 Å². The molecule has 10 aromatic rings. The fourth-order valence-electron chi connectivity index (χ4n) is 7.67. The van der Waals surface area contributed by atoms with Crippen LogP contribution in [0.2, 0.25) is 0 Å². The summed E-state index contributed by atoms with van der Waals surface area (Å²) in [5.41, 5.74) is 10.5. The van der Waals surface area contributed by atoms with Gasteiger partial charge < -0.3 is 13.6 Å². The average Bonchev–Trinajstić information content (AvgIpc) is 3.82. The summed E-state index contributed by atoms with van der Waals surface area (Å²) in [7, 11) is 0. The zero-order chi connectivity index (χ0) is 32.6. The highest BCUT2D eigenvalue weighted by atomic mass is 16.3. The number of para-hydroxylation sites is 4. The Bertz CT molecular complexity index is 3030. The van der Waals surface area contributed by atoms with Crippen molar-refractivity contribution in [3.63, 3.8) is 0 Å². The molecule has 7 aromatic carbocycles. The maximum Gasteiger partial charge on any atom is 0.230 e. The second kappa shape index (κ2) is 10.2. The van der Waals surface area contributed by atoms with E-state index in [0.29, 0.717) is 22.5 Å². The third kappa shape index (κ3) is 3.79. The Kier molecular flexibility index (Phi) is 5.64. The summed E-state index contributed by atoms with van der Waals surface area (Å²) in [5, 5.41) is 6.18. The van der Waals surface area contributed by atoms with Crippen molar-refractivity contribution in [2.24, 2.45) is 0 Å². The van der Waals surface area contributed by atoms with E-state index in [-0.39, 0.29) is 0 Å². The molecule has 0 amide bonds. The minimum absolute atomic E-state index is 0.436. The van der Waals surface area contributed by atoms with Crippen molar-refractivity contribution in [2.45, 2.75) is 0 Å². The molecule has 3 aromatic heterocycles. The van der Waals surface area contributed by atoms with E-state index in [2.05, 4.69) is 128 Å². The first kappa shape index (κ1) is 27.1. The lowest BCUT2D eigenvalue weighted by molar-refractivity contribution is 0.673. The quantitative estimate of drug-likeness (QED) is 0.180. The Hall–Kier alpha value is -7.08. The van der Waals surface area contributed by atoms with Gasteiger partial charge in [0, 0.05) is 38.3 Å². The number of fused-ring (bicyclic) bond motifs is 10. The van der Waals surface area contributed by atoms with Gasteiger partial charge in [-0.1, -0.05) is 97.1 Å². The van der Waals surface area contributed by atoms with Gasteiger partial charge in [0.25, 0.3) is 0 Å². The van der Waals surface area contributed by atoms with Gasteiger partial charge in [0.05, 0.1) is 35.2 Å². The molecule has 0 N–H and O–H groups in total. The minimum Gasteiger partial charge on any atom is -0.478 e. The zero-order valence-corrected chi connectivity index (χ0v) is 26.1. The van der Waals surface area contributed by atoms with Gasteiger partial charge in [-0.25, -0.2) is 9.69 Å². The van der Waals surface area contributed by atoms with Crippen LogP contribution in [0.1, 0.15) is 0 Å². The molecule has 5 heteroatoms. The van der Waals surface area contributed by atoms with Gasteiger partial charge in [0.2, 0.25) is 11.4 Å². The highest BCUT2D eigenvalue weighted by molar-refractivity contribution is 6.28. The Morgan fingerprint density at radius 2 is 0.939 bits per heavy atom. The molecule has 0 atom stereocenters. The molecule has 5 nitrogen and oxygen atoms in total. The maximum atomic E-state index is 8.03. The number of hydrogen-bond donors (Lipinski definition) is 0. The van der Waals surface area contributed by atoms with Crippen molar-refractivity contribution in [2.75, 3.05) is 0 Å². The predicted octanol–water partition coefficient (Wildman–Crippen LogP) is 12.5. The number of aromatic nitrogens is 2. The molecule has 0 saturated carbocycles. The summed E-state index contributed by atoms with van der Waals surface area (Å²) in [6.45, 7) is 15.8. The molecule has 49 heavy (non-hydrogen) atoms. The van der Waals surface area contributed by atoms with Crippen molar-refractivity contribution in [3.8, 4) is 22.5 Å². The van der Waals surface area contributed by atoms with Crippen molar-refractivity contribution < 1.29 is 4.42 Å². The molecule has 0 spiro atoms. The molecular weight excluding hydrogens is 601 g/mol. The fourth-order valence-corrected chi connectivity index (χ4v) is 7.67. The summed E-state index contributed by atoms with van der Waals surface area (Å²) in [4.78, 5) is 7.60. The van der Waals surface area contributed by atoms with Crippen LogP contribution in [0.5, 0.6) is 0 Å². The highest BCUT2D eigenvalue weighted by Gasteiger charge is 2.23. The Labute approximate surface area is 280 Å². The van der Waals surface area contributed by atoms with E-state index in [4.69, 9.17) is 17.6 Å². The van der Waals surface area contributed by atoms with Crippen molar-refractivity contribution in [1.82, 2.24) is 9.13 Å². The highest BCUT2D eigenvalue weighted by Crippen LogP contribution is 2.47. The second-order valence-corrected chi connectivity index (χ2v) is 12.3. The van der Waals surface area contributed by atoms with Gasteiger partial charge >= 0.3 is 0 Å². The largest absolute Gasteiger partial charge is 0.478 e. The molecule has 0 saturated heterocycles. The summed E-state index contributed by atoms with van der Waals surface area (Å²) in [5.74, 6) is 0. The number of benzene rings is 7. The lowest BCUT2D eigenvalue weighted by atomic mass is 10.0. The molecule has 0 bridgehead atoms. The Morgan fingerprint density at radius 1 is 0.429 bits per heavy atom. The van der Waals surface area contributed by atoms with Crippen LogP contribution in [0.25, 0.3) is 97.7 Å². The van der Waals surface area contributed by atoms with Gasteiger partial charge in [-0.2, -0.15) is 0 Å². The molecule has 10 rings (SSSR count). The van der Waals surface area contributed by atoms with E-state index in [1.165, 1.54) is 21.8 Å². The molecule has 226 valence electrons. The van der Waals surface area contributed by atoms with E-state index in [1.54, 1.807) is 6.07 Å². The van der Waals surface area contributed by atoms with E-state index in [1.807, 2.05) is 30.3 Å². The lowest BCUT2D eigenvalue weighted by Crippen LogP contribution is -1.96. The molecular formula is C44H24N4O. The van der Waals surface area contributed by atoms with Crippen LogP contribution >= 0.6 is 0 Å². The maximum absolute atomic E-state index is 8.03. The van der Waals surface area contributed by atoms with Crippen molar-refractivity contribution >= 4 is 76.9 Å². The second-order valence-electron chi connectivity index (χ2n) is 12.3. The molecule has 0 aliphatic rings. The number of hydrogen-bond acceptors (Lipinski definition) is 1. The van der Waals surface area contributed by atoms with Gasteiger partial charge in [0.1, 0.15) is 11.2 Å². The Morgan fingerprint density at radius 3 is 1.55 bits per heavy atom. The van der Waals surface area contributed by atoms with Crippen LogP contribution < -0.4 is 0 Å². The molecule has 0 radical (unpaired) electrons. The summed E-state index contributed by atoms with van der Waals surface area (Å²) in [6, 6.07) is 50.4. The first-order chi connectivity index (χ1) is 24.2. The van der Waals surface area contributed by atoms with Gasteiger partial charge in [-0.05, 0) is 65.0 Å². The summed E-state index contributed by atoms with van der Waals surface area (Å²) in [6.07, 6.45) is 0. The molecule has 3 heterocycles. The standard InChI is InChI=1S/C44H24N4O/c1-45-36-20-11-19-34-41-42-35(26-37(46-2)44(41)49-43(34)36)33-18-5-8-23-40(33)48(42)30-15-10-13-28(25-30)27-12-9-14-29(24-27)47-38-21-6-3-16-31(38)32-17-4-7-22-39(32)47/h3-26H. The average molecular weight is 625 g/mol. The topological polar surface area (TPSA) is 31.7 Å². The number of nitrogens with zero attached hydrogens (tertiary/aromatic N) is 4. The summed E-state index contributed by atoms with van der Waals surface area (Å²) >= 11 is 0. The van der Waals surface area contributed by atoms with Crippen LogP contribution in [0, 0.1) is 13.1 Å². The predicted molar refractivity (Wildman–Crippen MR) is 200 cm³/mol. The van der Waals surface area contributed by atoms with Crippen LogP contribution in [-0.4, -0.2) is 9.13 Å². The molecule has 0 unspecified atom stereocenters. The van der Waals surface area contributed by atoms with Gasteiger partial charge in [0.15, 0.2) is 0 Å². The van der Waals surface area contributed by atoms with Crippen LogP contribution in [-0.2, 0) is 0 Å². The minimum atomic E-state index is 0.436. The third-order valence-electron chi connectivity index (χ3n) is 9.72. The van der Waals surface area contributed by atoms with E-state index < -0.39 is 0 Å². The number of rotatable bonds is 3. The van der Waals surface area contributed by atoms with Crippen LogP contribution in [0.15, 0.2) is 150 Å². The van der Waals surface area contributed by atoms with E-state index >= 15 is 0 Å². The first-order valence-corrected chi connectivity index (χ1v) is 16.1. The van der Waals surface area contributed by atoms with Gasteiger partial charge in [-0.15, -0.1) is 0 Å². The van der Waals surface area contributed by atoms with E-state index in [9.17, 15) is 0 Å². The first-order valence-electron chi connectivity index (χ1n) is 16.1. The smallest absolute Gasteiger partial charge is 0.230 e. The third-order valence-corrected chi connectivity index (χ3v) is 9.72. The summed E-state index contributed by atoms with van der Waals surface area (Å²) < 4.78 is 11.0.